The third kappa shape index (κ3) is 9.90. The summed E-state index contributed by atoms with van der Waals surface area (Å²) in [4.78, 5) is 24.3. The standard InChI is InChI=1S/C20H38O4Si2/c1-13(2)17(14(3)4)19(21)23-25-11-9-10-12-26-24-20(22)18(15(5)6)16(7)8/h13-18H,9-12H2,1-8H3. The zero-order valence-corrected chi connectivity index (χ0v) is 19.9. The van der Waals surface area contributed by atoms with Crippen molar-refractivity contribution in [3.05, 3.63) is 0 Å². The lowest BCUT2D eigenvalue weighted by Gasteiger charge is -2.23. The Morgan fingerprint density at radius 2 is 0.885 bits per heavy atom. The van der Waals surface area contributed by atoms with Crippen LogP contribution < -0.4 is 0 Å². The molecule has 0 atom stereocenters. The molecule has 0 N–H and O–H groups in total. The van der Waals surface area contributed by atoms with Gasteiger partial charge in [0.2, 0.25) is 0 Å². The van der Waals surface area contributed by atoms with Crippen LogP contribution in [0.4, 0.5) is 0 Å². The highest BCUT2D eigenvalue weighted by molar-refractivity contribution is 6.31. The molecule has 0 aromatic heterocycles. The van der Waals surface area contributed by atoms with Gasteiger partial charge in [-0.15, -0.1) is 0 Å². The molecule has 0 fully saturated rings. The van der Waals surface area contributed by atoms with Crippen LogP contribution in [0.1, 0.15) is 68.2 Å². The summed E-state index contributed by atoms with van der Waals surface area (Å²) in [5, 5.41) is 0. The Hall–Kier alpha value is -0.626. The summed E-state index contributed by atoms with van der Waals surface area (Å²) < 4.78 is 10.9. The van der Waals surface area contributed by atoms with Crippen molar-refractivity contribution in [2.24, 2.45) is 35.5 Å². The number of hydrogen-bond acceptors (Lipinski definition) is 4. The van der Waals surface area contributed by atoms with Gasteiger partial charge < -0.3 is 8.85 Å². The van der Waals surface area contributed by atoms with Crippen LogP contribution in [0.3, 0.4) is 0 Å². The van der Waals surface area contributed by atoms with Crippen molar-refractivity contribution in [2.75, 3.05) is 0 Å². The van der Waals surface area contributed by atoms with Gasteiger partial charge in [0.25, 0.3) is 11.9 Å². The summed E-state index contributed by atoms with van der Waals surface area (Å²) in [6.45, 7) is 16.6. The Kier molecular flexibility index (Phi) is 13.2. The third-order valence-electron chi connectivity index (χ3n) is 4.57. The smallest absolute Gasteiger partial charge is 0.314 e. The first-order chi connectivity index (χ1) is 12.1. The Balaban J connectivity index is 3.86. The fraction of sp³-hybridized carbons (Fsp3) is 0.900. The quantitative estimate of drug-likeness (QED) is 0.331. The van der Waals surface area contributed by atoms with Crippen molar-refractivity contribution in [1.82, 2.24) is 0 Å². The van der Waals surface area contributed by atoms with E-state index < -0.39 is 0 Å². The second-order valence-electron chi connectivity index (χ2n) is 8.37. The molecule has 0 saturated heterocycles. The second kappa shape index (κ2) is 13.5. The molecule has 0 unspecified atom stereocenters. The SMILES string of the molecule is CC(C)C(C(=O)O[Si]CCCC[Si]OC(=O)C(C(C)C)C(C)C)C(C)C. The highest BCUT2D eigenvalue weighted by atomic mass is 28.2. The van der Waals surface area contributed by atoms with E-state index in [0.717, 1.165) is 24.9 Å². The van der Waals surface area contributed by atoms with Gasteiger partial charge in [0, 0.05) is 0 Å². The number of hydrogen-bond donors (Lipinski definition) is 0. The maximum Gasteiger partial charge on any atom is 0.314 e. The van der Waals surface area contributed by atoms with Gasteiger partial charge in [-0.25, -0.2) is 0 Å². The van der Waals surface area contributed by atoms with Gasteiger partial charge in [-0.05, 0) is 35.8 Å². The predicted octanol–water partition coefficient (Wildman–Crippen LogP) is 4.78. The summed E-state index contributed by atoms with van der Waals surface area (Å²) in [5.74, 6) is 1.09. The van der Waals surface area contributed by atoms with Crippen LogP contribution in [-0.4, -0.2) is 31.5 Å². The van der Waals surface area contributed by atoms with Crippen LogP contribution in [0.15, 0.2) is 0 Å². The molecular weight excluding hydrogens is 360 g/mol. The van der Waals surface area contributed by atoms with E-state index in [2.05, 4.69) is 55.4 Å². The molecule has 0 aromatic rings. The molecule has 0 saturated carbocycles. The third-order valence-corrected chi connectivity index (χ3v) is 6.38. The number of unbranched alkanes of at least 4 members (excludes halogenated alkanes) is 1. The van der Waals surface area contributed by atoms with Crippen molar-refractivity contribution >= 4 is 31.5 Å². The van der Waals surface area contributed by atoms with Crippen LogP contribution in [-0.2, 0) is 18.4 Å². The molecule has 150 valence electrons. The van der Waals surface area contributed by atoms with E-state index in [-0.39, 0.29) is 43.3 Å². The van der Waals surface area contributed by atoms with Gasteiger partial charge in [0.15, 0.2) is 0 Å². The maximum absolute atomic E-state index is 12.1. The Bertz CT molecular complexity index is 355. The first kappa shape index (κ1) is 25.4. The lowest BCUT2D eigenvalue weighted by atomic mass is 9.86. The Labute approximate surface area is 166 Å². The lowest BCUT2D eigenvalue weighted by Crippen LogP contribution is -2.28. The first-order valence-electron chi connectivity index (χ1n) is 9.96. The van der Waals surface area contributed by atoms with E-state index >= 15 is 0 Å². The zero-order chi connectivity index (χ0) is 20.3. The predicted molar refractivity (Wildman–Crippen MR) is 109 cm³/mol. The fourth-order valence-electron chi connectivity index (χ4n) is 3.40. The van der Waals surface area contributed by atoms with E-state index in [4.69, 9.17) is 8.85 Å². The highest BCUT2D eigenvalue weighted by Gasteiger charge is 2.27. The van der Waals surface area contributed by atoms with E-state index in [1.165, 1.54) is 0 Å². The van der Waals surface area contributed by atoms with Gasteiger partial charge in [-0.1, -0.05) is 68.2 Å². The van der Waals surface area contributed by atoms with Crippen LogP contribution in [0, 0.1) is 35.5 Å². The first-order valence-corrected chi connectivity index (χ1v) is 12.2. The second-order valence-corrected chi connectivity index (χ2v) is 10.4. The van der Waals surface area contributed by atoms with Crippen LogP contribution in [0.2, 0.25) is 12.1 Å². The summed E-state index contributed by atoms with van der Waals surface area (Å²) >= 11 is 0. The molecule has 0 spiro atoms. The molecule has 6 heteroatoms. The monoisotopic (exact) mass is 398 g/mol. The summed E-state index contributed by atoms with van der Waals surface area (Å²) in [7, 11) is 0.466. The fourth-order valence-corrected chi connectivity index (χ4v) is 4.95. The molecule has 0 aromatic carbocycles. The minimum Gasteiger partial charge on any atom is -0.516 e. The van der Waals surface area contributed by atoms with Crippen LogP contribution in [0.25, 0.3) is 0 Å². The molecule has 0 amide bonds. The minimum absolute atomic E-state index is 0.0155. The maximum atomic E-state index is 12.1. The van der Waals surface area contributed by atoms with Crippen LogP contribution in [0.5, 0.6) is 0 Å². The number of rotatable bonds is 13. The van der Waals surface area contributed by atoms with E-state index in [9.17, 15) is 9.59 Å². The molecule has 0 aliphatic carbocycles. The number of carbonyl (C=O) groups excluding carboxylic acids is 2. The molecular formula is C20H38O4Si2. The van der Waals surface area contributed by atoms with Crippen molar-refractivity contribution in [1.29, 1.82) is 0 Å². The van der Waals surface area contributed by atoms with Crippen molar-refractivity contribution in [3.8, 4) is 0 Å². The van der Waals surface area contributed by atoms with Crippen molar-refractivity contribution in [3.63, 3.8) is 0 Å². The molecule has 4 radical (unpaired) electrons. The summed E-state index contributed by atoms with van der Waals surface area (Å²) in [5.41, 5.74) is 0. The van der Waals surface area contributed by atoms with Crippen LogP contribution >= 0.6 is 0 Å². The molecule has 0 aliphatic heterocycles. The van der Waals surface area contributed by atoms with Crippen molar-refractivity contribution < 1.29 is 18.4 Å². The van der Waals surface area contributed by atoms with Gasteiger partial charge >= 0.3 is 19.5 Å². The van der Waals surface area contributed by atoms with Crippen molar-refractivity contribution in [2.45, 2.75) is 80.3 Å². The molecule has 4 nitrogen and oxygen atoms in total. The molecule has 0 rings (SSSR count). The van der Waals surface area contributed by atoms with E-state index in [1.54, 1.807) is 0 Å². The lowest BCUT2D eigenvalue weighted by molar-refractivity contribution is -0.143. The average molecular weight is 399 g/mol. The topological polar surface area (TPSA) is 52.6 Å². The Morgan fingerprint density at radius 3 is 1.12 bits per heavy atom. The van der Waals surface area contributed by atoms with Gasteiger partial charge in [0.1, 0.15) is 0 Å². The molecule has 0 bridgehead atoms. The normalized spacial score (nSPS) is 12.1. The molecule has 0 aliphatic rings. The number of carbonyl (C=O) groups is 2. The summed E-state index contributed by atoms with van der Waals surface area (Å²) in [6.07, 6.45) is 2.00. The largest absolute Gasteiger partial charge is 0.516 e. The molecule has 0 heterocycles. The minimum atomic E-state index is -0.0578. The van der Waals surface area contributed by atoms with Gasteiger partial charge in [-0.2, -0.15) is 0 Å². The molecule has 26 heavy (non-hydrogen) atoms. The van der Waals surface area contributed by atoms with Gasteiger partial charge in [-0.3, -0.25) is 9.59 Å². The highest BCUT2D eigenvalue weighted by Crippen LogP contribution is 2.23. The zero-order valence-electron chi connectivity index (χ0n) is 17.9. The Morgan fingerprint density at radius 1 is 0.615 bits per heavy atom. The van der Waals surface area contributed by atoms with E-state index in [1.807, 2.05) is 0 Å². The van der Waals surface area contributed by atoms with E-state index in [0.29, 0.717) is 23.7 Å². The van der Waals surface area contributed by atoms with Gasteiger partial charge in [0.05, 0.1) is 11.8 Å². The average Bonchev–Trinajstić information content (AvgIpc) is 2.48. The summed E-state index contributed by atoms with van der Waals surface area (Å²) in [6, 6.07) is 1.79.